The molecular formula is C68H37N5O2. The molecule has 7 nitrogen and oxygen atoms in total. The molecule has 0 spiro atoms. The highest BCUT2D eigenvalue weighted by Crippen LogP contribution is 2.50. The molecule has 0 aliphatic heterocycles. The number of para-hydroxylation sites is 4. The molecule has 0 saturated carbocycles. The number of hydrogen-bond donors (Lipinski definition) is 0. The predicted octanol–water partition coefficient (Wildman–Crippen LogP) is 18.5. The summed E-state index contributed by atoms with van der Waals surface area (Å²) in [5.74, 6) is 0. The van der Waals surface area contributed by atoms with E-state index in [0.29, 0.717) is 94.1 Å². The standard InChI is InChI=1S/C68H37N5O2/c1-70-53-38-44(39-69)64(72-56-32-28-42(40-16-4-2-5-17-40)36-51(56)62-58(72)34-30-49-47-22-10-14-26-60(47)74-67(49)62)66(71-54-24-12-8-20-45(54)46-21-9-13-25-55(46)71)65(53)73-57-33-29-43(41-18-6-3-7-19-41)37-52(57)63-59(73)35-31-50-48-23-11-15-27-61(48)75-68(50)63/h2-38H/i2D,3D,4D,5D,6D,7D,16D,17D,18D,19D. The normalized spacial score (nSPS) is 13.8. The van der Waals surface area contributed by atoms with Gasteiger partial charge >= 0.3 is 0 Å². The fourth-order valence-corrected chi connectivity index (χ4v) is 11.8. The molecule has 0 radical (unpaired) electrons. The predicted molar refractivity (Wildman–Crippen MR) is 306 cm³/mol. The lowest BCUT2D eigenvalue weighted by atomic mass is 10.0. The maximum absolute atomic E-state index is 11.8. The Labute approximate surface area is 441 Å². The van der Waals surface area contributed by atoms with Gasteiger partial charge in [0.25, 0.3) is 0 Å². The molecule has 0 aliphatic carbocycles. The summed E-state index contributed by atoms with van der Waals surface area (Å²) < 4.78 is 108. The lowest BCUT2D eigenvalue weighted by molar-refractivity contribution is 0.672. The molecule has 16 aromatic rings. The van der Waals surface area contributed by atoms with E-state index in [9.17, 15) is 11.8 Å². The van der Waals surface area contributed by atoms with Gasteiger partial charge in [0.2, 0.25) is 5.69 Å². The van der Waals surface area contributed by atoms with Gasteiger partial charge in [-0.2, -0.15) is 5.26 Å². The Balaban J connectivity index is 1.13. The molecular weight excluding hydrogens is 919 g/mol. The number of hydrogen-bond acceptors (Lipinski definition) is 3. The van der Waals surface area contributed by atoms with E-state index in [-0.39, 0.29) is 46.5 Å². The number of nitrogens with zero attached hydrogens (tertiary/aromatic N) is 5. The van der Waals surface area contributed by atoms with Gasteiger partial charge in [0, 0.05) is 43.1 Å². The van der Waals surface area contributed by atoms with Crippen LogP contribution in [0.15, 0.2) is 233 Å². The molecule has 0 N–H and O–H groups in total. The first-order valence-corrected chi connectivity index (χ1v) is 24.2. The van der Waals surface area contributed by atoms with Gasteiger partial charge < -0.3 is 22.5 Å². The van der Waals surface area contributed by atoms with Crippen LogP contribution in [0.5, 0.6) is 0 Å². The van der Waals surface area contributed by atoms with Gasteiger partial charge in [0.15, 0.2) is 0 Å². The van der Waals surface area contributed by atoms with Crippen LogP contribution < -0.4 is 0 Å². The largest absolute Gasteiger partial charge is 0.455 e. The van der Waals surface area contributed by atoms with Crippen LogP contribution in [-0.4, -0.2) is 13.7 Å². The molecule has 0 unspecified atom stereocenters. The first-order chi connectivity index (χ1) is 41.3. The molecule has 7 heteroatoms. The summed E-state index contributed by atoms with van der Waals surface area (Å²) in [4.78, 5) is 4.32. The van der Waals surface area contributed by atoms with Crippen LogP contribution in [0.2, 0.25) is 0 Å². The van der Waals surface area contributed by atoms with E-state index in [4.69, 9.17) is 22.5 Å². The third kappa shape index (κ3) is 5.67. The molecule has 0 bridgehead atoms. The van der Waals surface area contributed by atoms with Crippen molar-refractivity contribution < 1.29 is 22.5 Å². The maximum Gasteiger partial charge on any atom is 0.214 e. The summed E-state index contributed by atoms with van der Waals surface area (Å²) in [7, 11) is 0. The highest BCUT2D eigenvalue weighted by molar-refractivity contribution is 6.26. The van der Waals surface area contributed by atoms with Crippen molar-refractivity contribution in [1.82, 2.24) is 13.7 Å². The van der Waals surface area contributed by atoms with Crippen molar-refractivity contribution in [3.63, 3.8) is 0 Å². The summed E-state index contributed by atoms with van der Waals surface area (Å²) in [6.07, 6.45) is 0. The van der Waals surface area contributed by atoms with Crippen LogP contribution in [0, 0.1) is 17.9 Å². The Kier molecular flexibility index (Phi) is 6.67. The highest BCUT2D eigenvalue weighted by atomic mass is 16.3. The van der Waals surface area contributed by atoms with Crippen LogP contribution in [0.4, 0.5) is 5.69 Å². The Morgan fingerprint density at radius 3 is 1.32 bits per heavy atom. The molecule has 0 aliphatic rings. The van der Waals surface area contributed by atoms with E-state index >= 15 is 0 Å². The van der Waals surface area contributed by atoms with E-state index in [1.807, 2.05) is 155 Å². The monoisotopic (exact) mass is 965 g/mol. The number of furan rings is 2. The molecule has 5 heterocycles. The van der Waals surface area contributed by atoms with Crippen molar-refractivity contribution in [3.05, 3.63) is 241 Å². The molecule has 0 atom stereocenters. The topological polar surface area (TPSA) is 69.2 Å². The summed E-state index contributed by atoms with van der Waals surface area (Å²) in [5, 5.41) is 19.4. The van der Waals surface area contributed by atoms with E-state index in [2.05, 4.69) is 15.5 Å². The number of fused-ring (bicyclic) bond motifs is 17. The number of nitriles is 1. The average molecular weight is 966 g/mol. The van der Waals surface area contributed by atoms with Crippen LogP contribution in [-0.2, 0) is 0 Å². The molecule has 0 saturated heterocycles. The molecule has 5 aromatic heterocycles. The van der Waals surface area contributed by atoms with Crippen LogP contribution in [0.1, 0.15) is 19.3 Å². The Morgan fingerprint density at radius 2 is 0.827 bits per heavy atom. The summed E-state index contributed by atoms with van der Waals surface area (Å²) in [6.45, 7) is 9.21. The smallest absolute Gasteiger partial charge is 0.214 e. The van der Waals surface area contributed by atoms with Crippen molar-refractivity contribution in [2.45, 2.75) is 0 Å². The Morgan fingerprint density at radius 1 is 0.400 bits per heavy atom. The zero-order valence-corrected chi connectivity index (χ0v) is 39.1. The van der Waals surface area contributed by atoms with Crippen molar-refractivity contribution in [3.8, 4) is 45.4 Å². The molecule has 75 heavy (non-hydrogen) atoms. The van der Waals surface area contributed by atoms with Gasteiger partial charge in [-0.1, -0.05) is 145 Å². The third-order valence-electron chi connectivity index (χ3n) is 14.8. The minimum absolute atomic E-state index is 0.0117. The fraction of sp³-hybridized carbons (Fsp3) is 0. The fourth-order valence-electron chi connectivity index (χ4n) is 11.8. The van der Waals surface area contributed by atoms with Crippen molar-refractivity contribution in [2.24, 2.45) is 0 Å². The molecule has 11 aromatic carbocycles. The van der Waals surface area contributed by atoms with E-state index < -0.39 is 36.3 Å². The quantitative estimate of drug-likeness (QED) is 0.161. The van der Waals surface area contributed by atoms with Gasteiger partial charge in [0.05, 0.1) is 86.8 Å². The van der Waals surface area contributed by atoms with E-state index in [1.165, 1.54) is 0 Å². The summed E-state index contributed by atoms with van der Waals surface area (Å²) >= 11 is 0. The zero-order valence-electron chi connectivity index (χ0n) is 49.1. The van der Waals surface area contributed by atoms with Gasteiger partial charge in [-0.3, -0.25) is 0 Å². The van der Waals surface area contributed by atoms with Gasteiger partial charge in [0.1, 0.15) is 28.4 Å². The molecule has 16 rings (SSSR count). The second-order valence-electron chi connectivity index (χ2n) is 18.6. The number of aromatic nitrogens is 3. The lowest BCUT2D eigenvalue weighted by Gasteiger charge is -2.24. The maximum atomic E-state index is 11.8. The summed E-state index contributed by atoms with van der Waals surface area (Å²) in [5.41, 5.74) is 8.27. The van der Waals surface area contributed by atoms with Crippen LogP contribution in [0.3, 0.4) is 0 Å². The van der Waals surface area contributed by atoms with E-state index in [0.717, 1.165) is 43.4 Å². The highest BCUT2D eigenvalue weighted by Gasteiger charge is 2.31. The van der Waals surface area contributed by atoms with Crippen LogP contribution in [0.25, 0.3) is 153 Å². The van der Waals surface area contributed by atoms with Gasteiger partial charge in [-0.15, -0.1) is 0 Å². The Bertz CT molecular complexity index is 5440. The number of benzene rings is 11. The second kappa shape index (κ2) is 15.5. The Hall–Kier alpha value is -10.6. The molecule has 0 fully saturated rings. The van der Waals surface area contributed by atoms with Crippen molar-refractivity contribution in [2.75, 3.05) is 0 Å². The van der Waals surface area contributed by atoms with Crippen LogP contribution >= 0.6 is 0 Å². The van der Waals surface area contributed by atoms with Gasteiger partial charge in [-0.05, 0) is 101 Å². The minimum atomic E-state index is -0.513. The SMILES string of the molecule is [2H]c1c([2H])c([2H])c(-c2ccc3c(c2)c2c4oc5ccccc5c4ccc2n3-c2c(C#N)cc([N+]#[C-])c(-n3c4ccc(-c5c([2H])c([2H])c([2H])c([2H])c5[2H])cc4c4c5oc6ccccc6c5ccc43)c2-n2c3ccccc3c3ccccc32)c([2H])c1[2H]. The lowest BCUT2D eigenvalue weighted by Crippen LogP contribution is -2.11. The minimum Gasteiger partial charge on any atom is -0.455 e. The first kappa shape index (κ1) is 32.4. The van der Waals surface area contributed by atoms with E-state index in [1.54, 1.807) is 18.2 Å². The first-order valence-electron chi connectivity index (χ1n) is 29.2. The molecule has 0 amide bonds. The van der Waals surface area contributed by atoms with Crippen molar-refractivity contribution in [1.29, 1.82) is 5.26 Å². The molecule has 346 valence electrons. The summed E-state index contributed by atoms with van der Waals surface area (Å²) in [6, 6.07) is 49.7. The third-order valence-corrected chi connectivity index (χ3v) is 14.8. The average Bonchev–Trinajstić information content (AvgIpc) is 1.60. The zero-order chi connectivity index (χ0) is 58.2. The second-order valence-corrected chi connectivity index (χ2v) is 18.6. The van der Waals surface area contributed by atoms with Gasteiger partial charge in [-0.25, -0.2) is 4.85 Å². The number of rotatable bonds is 5. The van der Waals surface area contributed by atoms with Crippen molar-refractivity contribution >= 4 is 115 Å².